The molecule has 0 spiro atoms. The van der Waals surface area contributed by atoms with Gasteiger partial charge in [0.2, 0.25) is 5.91 Å². The highest BCUT2D eigenvalue weighted by Crippen LogP contribution is 2.32. The highest BCUT2D eigenvalue weighted by molar-refractivity contribution is 5.76. The van der Waals surface area contributed by atoms with E-state index in [9.17, 15) is 4.79 Å². The van der Waals surface area contributed by atoms with Gasteiger partial charge in [-0.15, -0.1) is 0 Å². The first-order valence-corrected chi connectivity index (χ1v) is 8.47. The third-order valence-corrected chi connectivity index (χ3v) is 4.84. The fourth-order valence-corrected chi connectivity index (χ4v) is 3.16. The summed E-state index contributed by atoms with van der Waals surface area (Å²) < 4.78 is 0. The Morgan fingerprint density at radius 1 is 1.10 bits per heavy atom. The summed E-state index contributed by atoms with van der Waals surface area (Å²) in [5.74, 6) is 0.855. The number of nitrogens with two attached hydrogens (primary N) is 1. The van der Waals surface area contributed by atoms with E-state index in [2.05, 4.69) is 39.5 Å². The van der Waals surface area contributed by atoms with Crippen LogP contribution in [0.5, 0.6) is 0 Å². The molecule has 124 valence electrons. The average molecular weight is 297 g/mol. The van der Waals surface area contributed by atoms with Gasteiger partial charge in [-0.1, -0.05) is 20.8 Å². The molecule has 1 amide bonds. The topological polar surface area (TPSA) is 49.6 Å². The van der Waals surface area contributed by atoms with Crippen molar-refractivity contribution in [3.63, 3.8) is 0 Å². The van der Waals surface area contributed by atoms with Crippen LogP contribution < -0.4 is 5.73 Å². The average Bonchev–Trinajstić information content (AvgIpc) is 2.42. The maximum absolute atomic E-state index is 12.4. The second kappa shape index (κ2) is 8.14. The molecule has 1 fully saturated rings. The molecule has 2 N–H and O–H groups in total. The van der Waals surface area contributed by atoms with Crippen LogP contribution in [-0.2, 0) is 4.79 Å². The first-order valence-electron chi connectivity index (χ1n) is 8.47. The molecule has 0 saturated carbocycles. The molecule has 0 aromatic carbocycles. The van der Waals surface area contributed by atoms with Crippen molar-refractivity contribution in [2.45, 2.75) is 59.9 Å². The molecule has 0 aliphatic carbocycles. The van der Waals surface area contributed by atoms with Gasteiger partial charge in [0.05, 0.1) is 0 Å². The van der Waals surface area contributed by atoms with E-state index in [0.717, 1.165) is 39.0 Å². The molecular weight excluding hydrogens is 262 g/mol. The summed E-state index contributed by atoms with van der Waals surface area (Å²) in [5, 5.41) is 0. The van der Waals surface area contributed by atoms with Crippen LogP contribution in [0.4, 0.5) is 0 Å². The lowest BCUT2D eigenvalue weighted by Crippen LogP contribution is -2.50. The predicted octanol–water partition coefficient (Wildman–Crippen LogP) is 2.33. The molecular formula is C17H35N3O. The van der Waals surface area contributed by atoms with E-state index in [0.29, 0.717) is 30.8 Å². The number of rotatable bonds is 6. The minimum Gasteiger partial charge on any atom is -0.340 e. The van der Waals surface area contributed by atoms with Gasteiger partial charge in [0, 0.05) is 38.6 Å². The largest absolute Gasteiger partial charge is 0.340 e. The molecule has 0 aromatic rings. The molecule has 1 unspecified atom stereocenters. The first-order chi connectivity index (χ1) is 9.75. The Hall–Kier alpha value is -0.610. The van der Waals surface area contributed by atoms with Gasteiger partial charge in [-0.2, -0.15) is 0 Å². The molecule has 1 rings (SSSR count). The van der Waals surface area contributed by atoms with E-state index < -0.39 is 0 Å². The van der Waals surface area contributed by atoms with E-state index in [1.54, 1.807) is 0 Å². The van der Waals surface area contributed by atoms with E-state index in [4.69, 9.17) is 5.73 Å². The molecule has 1 heterocycles. The normalized spacial score (nSPS) is 19.1. The predicted molar refractivity (Wildman–Crippen MR) is 89.1 cm³/mol. The van der Waals surface area contributed by atoms with Crippen LogP contribution in [0.25, 0.3) is 0 Å². The van der Waals surface area contributed by atoms with Crippen LogP contribution >= 0.6 is 0 Å². The van der Waals surface area contributed by atoms with Crippen molar-refractivity contribution in [3.05, 3.63) is 0 Å². The molecule has 21 heavy (non-hydrogen) atoms. The van der Waals surface area contributed by atoms with E-state index in [1.165, 1.54) is 0 Å². The molecule has 0 bridgehead atoms. The van der Waals surface area contributed by atoms with Crippen LogP contribution in [0, 0.1) is 11.3 Å². The summed E-state index contributed by atoms with van der Waals surface area (Å²) in [6, 6.07) is 0.581. The number of carbonyl (C=O) groups is 1. The Morgan fingerprint density at radius 2 is 1.67 bits per heavy atom. The lowest BCUT2D eigenvalue weighted by molar-refractivity contribution is -0.133. The summed E-state index contributed by atoms with van der Waals surface area (Å²) in [6.07, 6.45) is 2.64. The Balaban J connectivity index is 2.40. The van der Waals surface area contributed by atoms with Gasteiger partial charge in [-0.05, 0) is 44.6 Å². The summed E-state index contributed by atoms with van der Waals surface area (Å²) in [4.78, 5) is 16.9. The number of carbonyl (C=O) groups excluding carboxylic acids is 1. The van der Waals surface area contributed by atoms with Gasteiger partial charge in [0.15, 0.2) is 0 Å². The fourth-order valence-electron chi connectivity index (χ4n) is 3.16. The monoisotopic (exact) mass is 297 g/mol. The zero-order valence-corrected chi connectivity index (χ0v) is 14.7. The van der Waals surface area contributed by atoms with Gasteiger partial charge in [-0.3, -0.25) is 9.69 Å². The molecule has 4 heteroatoms. The van der Waals surface area contributed by atoms with Crippen molar-refractivity contribution in [2.75, 3.05) is 32.7 Å². The highest BCUT2D eigenvalue weighted by atomic mass is 16.2. The third kappa shape index (κ3) is 5.95. The van der Waals surface area contributed by atoms with Crippen molar-refractivity contribution < 1.29 is 4.79 Å². The number of hydrogen-bond donors (Lipinski definition) is 1. The Bertz CT molecular complexity index is 314. The van der Waals surface area contributed by atoms with E-state index >= 15 is 0 Å². The van der Waals surface area contributed by atoms with Crippen molar-refractivity contribution in [2.24, 2.45) is 17.1 Å². The Labute approximate surface area is 131 Å². The van der Waals surface area contributed by atoms with Crippen molar-refractivity contribution in [1.82, 2.24) is 9.80 Å². The quantitative estimate of drug-likeness (QED) is 0.818. The minimum absolute atomic E-state index is 0.232. The van der Waals surface area contributed by atoms with Gasteiger partial charge in [0.25, 0.3) is 0 Å². The van der Waals surface area contributed by atoms with Crippen LogP contribution in [0.1, 0.15) is 53.9 Å². The number of nitrogens with zero attached hydrogens (tertiary/aromatic N) is 2. The zero-order valence-electron chi connectivity index (χ0n) is 14.7. The molecule has 1 aliphatic heterocycles. The lowest BCUT2D eigenvalue weighted by Gasteiger charge is -2.37. The summed E-state index contributed by atoms with van der Waals surface area (Å²) >= 11 is 0. The number of piperazine rings is 1. The van der Waals surface area contributed by atoms with E-state index in [1.807, 2.05) is 4.90 Å². The Kier molecular flexibility index (Phi) is 7.14. The number of amides is 1. The second-order valence-corrected chi connectivity index (χ2v) is 7.69. The third-order valence-electron chi connectivity index (χ3n) is 4.84. The van der Waals surface area contributed by atoms with Crippen molar-refractivity contribution in [1.29, 1.82) is 0 Å². The second-order valence-electron chi connectivity index (χ2n) is 7.69. The standard InChI is InChI=1S/C17H35N3O/c1-14(2)19-10-12-20(13-11-19)16(21)7-6-15(8-9-18)17(3,4)5/h14-15H,6-13,18H2,1-5H3. The fraction of sp³-hybridized carbons (Fsp3) is 0.941. The molecule has 1 saturated heterocycles. The molecule has 0 radical (unpaired) electrons. The van der Waals surface area contributed by atoms with Gasteiger partial charge < -0.3 is 10.6 Å². The summed E-state index contributed by atoms with van der Waals surface area (Å²) in [6.45, 7) is 15.7. The molecule has 1 aliphatic rings. The van der Waals surface area contributed by atoms with Crippen LogP contribution in [-0.4, -0.2) is 54.5 Å². The highest BCUT2D eigenvalue weighted by Gasteiger charge is 2.27. The minimum atomic E-state index is 0.232. The zero-order chi connectivity index (χ0) is 16.0. The Morgan fingerprint density at radius 3 is 2.10 bits per heavy atom. The maximum Gasteiger partial charge on any atom is 0.222 e. The summed E-state index contributed by atoms with van der Waals surface area (Å²) in [7, 11) is 0. The SMILES string of the molecule is CC(C)N1CCN(C(=O)CCC(CCN)C(C)(C)C)CC1. The van der Waals surface area contributed by atoms with Crippen molar-refractivity contribution in [3.8, 4) is 0 Å². The number of hydrogen-bond acceptors (Lipinski definition) is 3. The molecule has 0 aromatic heterocycles. The van der Waals surface area contributed by atoms with Crippen LogP contribution in [0.3, 0.4) is 0 Å². The molecule has 1 atom stereocenters. The van der Waals surface area contributed by atoms with Crippen LogP contribution in [0.2, 0.25) is 0 Å². The van der Waals surface area contributed by atoms with E-state index in [-0.39, 0.29) is 5.41 Å². The van der Waals surface area contributed by atoms with Gasteiger partial charge in [0.1, 0.15) is 0 Å². The lowest BCUT2D eigenvalue weighted by atomic mass is 9.76. The van der Waals surface area contributed by atoms with Gasteiger partial charge in [-0.25, -0.2) is 0 Å². The van der Waals surface area contributed by atoms with Gasteiger partial charge >= 0.3 is 0 Å². The summed E-state index contributed by atoms with van der Waals surface area (Å²) in [5.41, 5.74) is 5.95. The first kappa shape index (κ1) is 18.4. The maximum atomic E-state index is 12.4. The molecule has 4 nitrogen and oxygen atoms in total. The van der Waals surface area contributed by atoms with Crippen molar-refractivity contribution >= 4 is 5.91 Å². The van der Waals surface area contributed by atoms with Crippen LogP contribution in [0.15, 0.2) is 0 Å². The smallest absolute Gasteiger partial charge is 0.222 e.